The molecular formula is C14H8N4O3S2. The number of carbonyl (C=O) groups is 2. The topological polar surface area (TPSA) is 110 Å². The van der Waals surface area contributed by atoms with Crippen LogP contribution >= 0.6 is 23.6 Å². The predicted molar refractivity (Wildman–Crippen MR) is 88.8 cm³/mol. The molecule has 1 aliphatic heterocycles. The van der Waals surface area contributed by atoms with Gasteiger partial charge in [-0.3, -0.25) is 24.3 Å². The molecule has 4 rings (SSSR count). The number of anilines is 1. The fourth-order valence-corrected chi connectivity index (χ4v) is 3.77. The molecule has 0 atom stereocenters. The quantitative estimate of drug-likeness (QED) is 0.458. The summed E-state index contributed by atoms with van der Waals surface area (Å²) in [5.74, 6) is -1.27. The van der Waals surface area contributed by atoms with E-state index in [9.17, 15) is 14.4 Å². The minimum atomic E-state index is -0.611. The summed E-state index contributed by atoms with van der Waals surface area (Å²) in [5.41, 5.74) is 6.90. The zero-order valence-electron chi connectivity index (χ0n) is 11.4. The van der Waals surface area contributed by atoms with E-state index in [1.54, 1.807) is 18.2 Å². The van der Waals surface area contributed by atoms with Crippen molar-refractivity contribution in [2.24, 2.45) is 0 Å². The highest BCUT2D eigenvalue weighted by Crippen LogP contribution is 2.26. The Labute approximate surface area is 137 Å². The number of amides is 2. The number of nitrogen functional groups attached to an aromatic ring is 1. The molecule has 1 aliphatic rings. The first-order valence-corrected chi connectivity index (χ1v) is 7.72. The highest BCUT2D eigenvalue weighted by Gasteiger charge is 2.31. The van der Waals surface area contributed by atoms with E-state index in [-0.39, 0.29) is 16.9 Å². The van der Waals surface area contributed by atoms with Gasteiger partial charge in [0.15, 0.2) is 3.95 Å². The van der Waals surface area contributed by atoms with Crippen molar-refractivity contribution in [3.63, 3.8) is 0 Å². The maximum atomic E-state index is 12.4. The molecule has 1 aromatic carbocycles. The molecule has 7 nitrogen and oxygen atoms in total. The minimum absolute atomic E-state index is 0.00660. The largest absolute Gasteiger partial charge is 0.384 e. The third-order valence-corrected chi connectivity index (χ3v) is 4.81. The molecule has 3 heterocycles. The number of fused-ring (bicyclic) bond motifs is 2. The lowest BCUT2D eigenvalue weighted by molar-refractivity contribution is 0.0880. The van der Waals surface area contributed by atoms with Crippen LogP contribution in [-0.2, 0) is 0 Å². The molecule has 0 unspecified atom stereocenters. The SMILES string of the molecule is Nc1c2c(cc(=O)n1-c1ccc3[nH]c(=S)sc3c1)C(=O)NC2=O. The van der Waals surface area contributed by atoms with E-state index in [0.29, 0.717) is 9.64 Å². The predicted octanol–water partition coefficient (Wildman–Crippen LogP) is 1.58. The molecular weight excluding hydrogens is 336 g/mol. The van der Waals surface area contributed by atoms with Crippen molar-refractivity contribution in [2.45, 2.75) is 0 Å². The summed E-state index contributed by atoms with van der Waals surface area (Å²) in [4.78, 5) is 38.9. The fourth-order valence-electron chi connectivity index (χ4n) is 2.62. The lowest BCUT2D eigenvalue weighted by Gasteiger charge is -2.11. The van der Waals surface area contributed by atoms with E-state index >= 15 is 0 Å². The number of rotatable bonds is 1. The molecule has 9 heteroatoms. The first-order chi connectivity index (χ1) is 11.0. The van der Waals surface area contributed by atoms with Crippen molar-refractivity contribution in [2.75, 3.05) is 5.73 Å². The summed E-state index contributed by atoms with van der Waals surface area (Å²) in [7, 11) is 0. The molecule has 0 saturated heterocycles. The molecule has 0 aliphatic carbocycles. The highest BCUT2D eigenvalue weighted by atomic mass is 32.1. The Morgan fingerprint density at radius 1 is 1.13 bits per heavy atom. The van der Waals surface area contributed by atoms with Gasteiger partial charge in [-0.05, 0) is 30.4 Å². The van der Waals surface area contributed by atoms with Crippen molar-refractivity contribution < 1.29 is 9.59 Å². The molecule has 0 spiro atoms. The fraction of sp³-hybridized carbons (Fsp3) is 0. The smallest absolute Gasteiger partial charge is 0.262 e. The van der Waals surface area contributed by atoms with E-state index in [2.05, 4.69) is 10.3 Å². The number of benzene rings is 1. The number of aromatic nitrogens is 2. The number of imide groups is 1. The lowest BCUT2D eigenvalue weighted by atomic mass is 10.1. The Bertz CT molecular complexity index is 1140. The van der Waals surface area contributed by atoms with Gasteiger partial charge in [-0.15, -0.1) is 11.3 Å². The molecule has 114 valence electrons. The summed E-state index contributed by atoms with van der Waals surface area (Å²) in [5, 5.41) is 2.14. The van der Waals surface area contributed by atoms with Crippen LogP contribution in [0.2, 0.25) is 0 Å². The van der Waals surface area contributed by atoms with Crippen LogP contribution in [0.15, 0.2) is 29.1 Å². The number of aromatic amines is 1. The number of nitrogens with zero attached hydrogens (tertiary/aromatic N) is 1. The molecule has 3 aromatic rings. The van der Waals surface area contributed by atoms with Crippen molar-refractivity contribution in [1.29, 1.82) is 0 Å². The van der Waals surface area contributed by atoms with E-state index in [1.807, 2.05) is 0 Å². The molecule has 4 N–H and O–H groups in total. The van der Waals surface area contributed by atoms with Gasteiger partial charge in [0.1, 0.15) is 5.82 Å². The van der Waals surface area contributed by atoms with Crippen molar-refractivity contribution in [3.05, 3.63) is 49.7 Å². The van der Waals surface area contributed by atoms with Gasteiger partial charge in [-0.25, -0.2) is 0 Å². The Kier molecular flexibility index (Phi) is 2.77. The summed E-state index contributed by atoms with van der Waals surface area (Å²) < 4.78 is 2.69. The van der Waals surface area contributed by atoms with Crippen molar-refractivity contribution >= 4 is 51.4 Å². The Morgan fingerprint density at radius 2 is 1.91 bits per heavy atom. The highest BCUT2D eigenvalue weighted by molar-refractivity contribution is 7.73. The van der Waals surface area contributed by atoms with E-state index in [4.69, 9.17) is 18.0 Å². The summed E-state index contributed by atoms with van der Waals surface area (Å²) in [6.07, 6.45) is 0. The minimum Gasteiger partial charge on any atom is -0.384 e. The maximum absolute atomic E-state index is 12.4. The second-order valence-electron chi connectivity index (χ2n) is 4.97. The molecule has 23 heavy (non-hydrogen) atoms. The first kappa shape index (κ1) is 13.9. The number of pyridine rings is 1. The zero-order chi connectivity index (χ0) is 16.3. The second-order valence-corrected chi connectivity index (χ2v) is 6.69. The molecule has 2 aromatic heterocycles. The van der Waals surface area contributed by atoms with E-state index < -0.39 is 17.4 Å². The second kappa shape index (κ2) is 4.61. The van der Waals surface area contributed by atoms with Crippen LogP contribution in [0.4, 0.5) is 5.82 Å². The van der Waals surface area contributed by atoms with Gasteiger partial charge in [0.05, 0.1) is 27.0 Å². The van der Waals surface area contributed by atoms with E-state index in [0.717, 1.165) is 16.3 Å². The van der Waals surface area contributed by atoms with Crippen molar-refractivity contribution in [3.8, 4) is 5.69 Å². The third kappa shape index (κ3) is 1.94. The first-order valence-electron chi connectivity index (χ1n) is 6.50. The number of nitrogens with two attached hydrogens (primary N) is 1. The van der Waals surface area contributed by atoms with E-state index in [1.165, 1.54) is 15.9 Å². The van der Waals surface area contributed by atoms with Crippen LogP contribution in [0.1, 0.15) is 20.7 Å². The number of thiazole rings is 1. The number of hydrogen-bond acceptors (Lipinski definition) is 6. The molecule has 0 fully saturated rings. The number of carbonyl (C=O) groups excluding carboxylic acids is 2. The van der Waals surface area contributed by atoms with Crippen molar-refractivity contribution in [1.82, 2.24) is 14.9 Å². The Morgan fingerprint density at radius 3 is 2.70 bits per heavy atom. The van der Waals surface area contributed by atoms with Crippen LogP contribution in [0.25, 0.3) is 15.9 Å². The Hall–Kier alpha value is -2.78. The standard InChI is InChI=1S/C14H8N4O3S2/c15-11-10-6(12(20)17-13(10)21)4-9(19)18(11)5-1-2-7-8(3-5)23-14(22)16-7/h1-4H,15H2,(H,16,22)(H,17,20,21). The van der Waals surface area contributed by atoms with Crippen LogP contribution in [0.5, 0.6) is 0 Å². The van der Waals surface area contributed by atoms with Crippen LogP contribution in [0.3, 0.4) is 0 Å². The number of hydrogen-bond donors (Lipinski definition) is 3. The maximum Gasteiger partial charge on any atom is 0.262 e. The van der Waals surface area contributed by atoms with Gasteiger partial charge in [0, 0.05) is 6.07 Å². The number of H-pyrrole nitrogens is 1. The van der Waals surface area contributed by atoms with Gasteiger partial charge in [-0.2, -0.15) is 0 Å². The van der Waals surface area contributed by atoms with Gasteiger partial charge in [0.25, 0.3) is 17.4 Å². The summed E-state index contributed by atoms with van der Waals surface area (Å²) >= 11 is 6.47. The average Bonchev–Trinajstić information content (AvgIpc) is 2.98. The zero-order valence-corrected chi connectivity index (χ0v) is 13.0. The average molecular weight is 344 g/mol. The number of nitrogens with one attached hydrogen (secondary N) is 2. The lowest BCUT2D eigenvalue weighted by Crippen LogP contribution is -2.24. The van der Waals surface area contributed by atoms with Crippen LogP contribution < -0.4 is 16.6 Å². The Balaban J connectivity index is 2.03. The molecule has 0 bridgehead atoms. The van der Waals surface area contributed by atoms with Crippen LogP contribution in [-0.4, -0.2) is 21.4 Å². The van der Waals surface area contributed by atoms with Crippen LogP contribution in [0, 0.1) is 3.95 Å². The summed E-state index contributed by atoms with van der Waals surface area (Å²) in [6.45, 7) is 0. The summed E-state index contributed by atoms with van der Waals surface area (Å²) in [6, 6.07) is 6.35. The third-order valence-electron chi connectivity index (χ3n) is 3.62. The molecule has 2 amide bonds. The van der Waals surface area contributed by atoms with Gasteiger partial charge in [0.2, 0.25) is 0 Å². The molecule has 0 saturated carbocycles. The monoisotopic (exact) mass is 344 g/mol. The molecule has 0 radical (unpaired) electrons. The van der Waals surface area contributed by atoms with Gasteiger partial charge < -0.3 is 10.7 Å². The van der Waals surface area contributed by atoms with Gasteiger partial charge >= 0.3 is 0 Å². The normalized spacial score (nSPS) is 13.4. The van der Waals surface area contributed by atoms with Gasteiger partial charge in [-0.1, -0.05) is 0 Å².